The van der Waals surface area contributed by atoms with Gasteiger partial charge >= 0.3 is 0 Å². The van der Waals surface area contributed by atoms with Crippen LogP contribution in [0.5, 0.6) is 0 Å². The molecule has 10 heteroatoms. The molecule has 1 N–H and O–H groups in total. The van der Waals surface area contributed by atoms with Crippen LogP contribution in [-0.2, 0) is 32.6 Å². The Labute approximate surface area is 263 Å². The SMILES string of the molecule is CCCNC(=O)[C@H](Cc1ccccc1)N(Cc1ccc(Cl)cc1)C(=O)CN(c1ccc(F)cc1)S(=O)(=O)c1ccc(C)cc1. The fraction of sp³-hybridized carbons (Fsp3) is 0.235. The number of carbonyl (C=O) groups excluding carboxylic acids is 2. The number of aryl methyl sites for hydroxylation is 1. The van der Waals surface area contributed by atoms with Gasteiger partial charge in [-0.05, 0) is 73.0 Å². The van der Waals surface area contributed by atoms with Crippen molar-refractivity contribution in [2.45, 2.75) is 44.2 Å². The van der Waals surface area contributed by atoms with Gasteiger partial charge in [0, 0.05) is 24.5 Å². The van der Waals surface area contributed by atoms with Gasteiger partial charge in [0.1, 0.15) is 18.4 Å². The van der Waals surface area contributed by atoms with Crippen LogP contribution in [0.25, 0.3) is 0 Å². The summed E-state index contributed by atoms with van der Waals surface area (Å²) < 4.78 is 42.8. The average Bonchev–Trinajstić information content (AvgIpc) is 3.02. The topological polar surface area (TPSA) is 86.8 Å². The molecular weight excluding hydrogens is 601 g/mol. The summed E-state index contributed by atoms with van der Waals surface area (Å²) in [4.78, 5) is 29.4. The molecule has 0 fully saturated rings. The fourth-order valence-electron chi connectivity index (χ4n) is 4.68. The van der Waals surface area contributed by atoms with Crippen molar-refractivity contribution in [3.63, 3.8) is 0 Å². The fourth-order valence-corrected chi connectivity index (χ4v) is 6.22. The second-order valence-corrected chi connectivity index (χ2v) is 12.7. The van der Waals surface area contributed by atoms with Gasteiger partial charge in [0.25, 0.3) is 10.0 Å². The summed E-state index contributed by atoms with van der Waals surface area (Å²) >= 11 is 6.11. The van der Waals surface area contributed by atoms with E-state index in [2.05, 4.69) is 5.32 Å². The van der Waals surface area contributed by atoms with Gasteiger partial charge < -0.3 is 10.2 Å². The van der Waals surface area contributed by atoms with Crippen LogP contribution in [0.4, 0.5) is 10.1 Å². The third-order valence-electron chi connectivity index (χ3n) is 7.09. The first-order valence-electron chi connectivity index (χ1n) is 14.3. The summed E-state index contributed by atoms with van der Waals surface area (Å²) in [6.07, 6.45) is 0.902. The van der Waals surface area contributed by atoms with Gasteiger partial charge in [-0.3, -0.25) is 13.9 Å². The maximum atomic E-state index is 14.3. The number of carbonyl (C=O) groups is 2. The van der Waals surface area contributed by atoms with Crippen LogP contribution in [0.2, 0.25) is 5.02 Å². The molecule has 0 aliphatic heterocycles. The van der Waals surface area contributed by atoms with Crippen LogP contribution >= 0.6 is 11.6 Å². The predicted molar refractivity (Wildman–Crippen MR) is 171 cm³/mol. The zero-order valence-electron chi connectivity index (χ0n) is 24.6. The minimum atomic E-state index is -4.26. The quantitative estimate of drug-likeness (QED) is 0.191. The molecule has 0 heterocycles. The maximum Gasteiger partial charge on any atom is 0.264 e. The van der Waals surface area contributed by atoms with Gasteiger partial charge in [0.15, 0.2) is 0 Å². The molecule has 0 aromatic heterocycles. The van der Waals surface area contributed by atoms with Crippen LogP contribution < -0.4 is 9.62 Å². The third kappa shape index (κ3) is 8.45. The molecule has 4 rings (SSSR count). The van der Waals surface area contributed by atoms with Gasteiger partial charge in [-0.1, -0.05) is 78.7 Å². The lowest BCUT2D eigenvalue weighted by molar-refractivity contribution is -0.140. The van der Waals surface area contributed by atoms with E-state index in [1.807, 2.05) is 44.2 Å². The van der Waals surface area contributed by atoms with Crippen LogP contribution in [0.3, 0.4) is 0 Å². The summed E-state index contributed by atoms with van der Waals surface area (Å²) in [6, 6.07) is 26.4. The minimum absolute atomic E-state index is 0.0222. The molecule has 0 radical (unpaired) electrons. The second-order valence-electron chi connectivity index (χ2n) is 10.4. The molecule has 44 heavy (non-hydrogen) atoms. The van der Waals surface area contributed by atoms with Crippen molar-refractivity contribution in [3.8, 4) is 0 Å². The van der Waals surface area contributed by atoms with E-state index in [1.54, 1.807) is 36.4 Å². The Morgan fingerprint density at radius 2 is 1.50 bits per heavy atom. The van der Waals surface area contributed by atoms with Gasteiger partial charge in [-0.25, -0.2) is 12.8 Å². The average molecular weight is 636 g/mol. The highest BCUT2D eigenvalue weighted by Gasteiger charge is 2.34. The highest BCUT2D eigenvalue weighted by Crippen LogP contribution is 2.26. The molecule has 0 unspecified atom stereocenters. The Morgan fingerprint density at radius 3 is 2.11 bits per heavy atom. The number of amides is 2. The number of anilines is 1. The van der Waals surface area contributed by atoms with Gasteiger partial charge in [-0.2, -0.15) is 0 Å². The van der Waals surface area contributed by atoms with Gasteiger partial charge in [0.2, 0.25) is 11.8 Å². The smallest absolute Gasteiger partial charge is 0.264 e. The van der Waals surface area contributed by atoms with E-state index in [0.717, 1.165) is 27.6 Å². The van der Waals surface area contributed by atoms with Crippen molar-refractivity contribution in [1.29, 1.82) is 0 Å². The van der Waals surface area contributed by atoms with E-state index >= 15 is 0 Å². The third-order valence-corrected chi connectivity index (χ3v) is 9.13. The molecule has 230 valence electrons. The van der Waals surface area contributed by atoms with Crippen molar-refractivity contribution in [2.75, 3.05) is 17.4 Å². The number of benzene rings is 4. The highest BCUT2D eigenvalue weighted by atomic mass is 35.5. The van der Waals surface area contributed by atoms with E-state index in [1.165, 1.54) is 29.2 Å². The molecule has 1 atom stereocenters. The largest absolute Gasteiger partial charge is 0.354 e. The van der Waals surface area contributed by atoms with Crippen molar-refractivity contribution in [1.82, 2.24) is 10.2 Å². The molecule has 2 amide bonds. The Hall–Kier alpha value is -4.21. The van der Waals surface area contributed by atoms with Crippen LogP contribution in [0.15, 0.2) is 108 Å². The number of halogens is 2. The normalized spacial score (nSPS) is 11.9. The molecule has 0 saturated heterocycles. The maximum absolute atomic E-state index is 14.3. The van der Waals surface area contributed by atoms with Crippen molar-refractivity contribution in [2.24, 2.45) is 0 Å². The highest BCUT2D eigenvalue weighted by molar-refractivity contribution is 7.92. The number of hydrogen-bond acceptors (Lipinski definition) is 4. The van der Waals surface area contributed by atoms with Crippen molar-refractivity contribution >= 4 is 39.1 Å². The first-order chi connectivity index (χ1) is 21.1. The lowest BCUT2D eigenvalue weighted by atomic mass is 10.0. The Bertz CT molecular complexity index is 1650. The lowest BCUT2D eigenvalue weighted by Gasteiger charge is -2.34. The summed E-state index contributed by atoms with van der Waals surface area (Å²) in [5.41, 5.74) is 2.52. The molecule has 7 nitrogen and oxygen atoms in total. The van der Waals surface area contributed by atoms with Gasteiger partial charge in [-0.15, -0.1) is 0 Å². The Morgan fingerprint density at radius 1 is 0.864 bits per heavy atom. The van der Waals surface area contributed by atoms with E-state index in [0.29, 0.717) is 23.6 Å². The van der Waals surface area contributed by atoms with Crippen LogP contribution in [0.1, 0.15) is 30.0 Å². The first kappa shape index (κ1) is 32.7. The monoisotopic (exact) mass is 635 g/mol. The lowest BCUT2D eigenvalue weighted by Crippen LogP contribution is -2.53. The molecule has 0 aliphatic rings. The van der Waals surface area contributed by atoms with Gasteiger partial charge in [0.05, 0.1) is 10.6 Å². The Balaban J connectivity index is 1.78. The van der Waals surface area contributed by atoms with E-state index < -0.39 is 34.3 Å². The number of hydrogen-bond donors (Lipinski definition) is 1. The van der Waals surface area contributed by atoms with E-state index in [-0.39, 0.29) is 29.5 Å². The van der Waals surface area contributed by atoms with E-state index in [4.69, 9.17) is 11.6 Å². The Kier molecular flexibility index (Phi) is 11.1. The summed E-state index contributed by atoms with van der Waals surface area (Å²) in [7, 11) is -4.26. The number of nitrogens with zero attached hydrogens (tertiary/aromatic N) is 2. The van der Waals surface area contributed by atoms with E-state index in [9.17, 15) is 22.4 Å². The standard InChI is InChI=1S/C34H35ClFN3O4S/c1-3-21-37-34(41)32(22-26-7-5-4-6-8-26)38(23-27-11-13-28(35)14-12-27)33(40)24-39(30-17-15-29(36)16-18-30)44(42,43)31-19-9-25(2)10-20-31/h4-20,32H,3,21-24H2,1-2H3,(H,37,41)/t32-/m0/s1. The zero-order valence-corrected chi connectivity index (χ0v) is 26.2. The van der Waals surface area contributed by atoms with Crippen molar-refractivity contribution < 1.29 is 22.4 Å². The summed E-state index contributed by atoms with van der Waals surface area (Å²) in [5.74, 6) is -1.51. The molecular formula is C34H35ClFN3O4S. The molecule has 0 saturated carbocycles. The molecule has 4 aromatic rings. The molecule has 4 aromatic carbocycles. The first-order valence-corrected chi connectivity index (χ1v) is 16.1. The number of rotatable bonds is 13. The number of nitrogens with one attached hydrogen (secondary N) is 1. The van der Waals surface area contributed by atoms with Crippen LogP contribution in [-0.4, -0.2) is 44.3 Å². The number of sulfonamides is 1. The van der Waals surface area contributed by atoms with Crippen LogP contribution in [0, 0.1) is 12.7 Å². The predicted octanol–water partition coefficient (Wildman–Crippen LogP) is 6.15. The second kappa shape index (κ2) is 15.0. The molecule has 0 bridgehead atoms. The summed E-state index contributed by atoms with van der Waals surface area (Å²) in [6.45, 7) is 3.58. The summed E-state index contributed by atoms with van der Waals surface area (Å²) in [5, 5.41) is 3.42. The zero-order chi connectivity index (χ0) is 31.7. The van der Waals surface area contributed by atoms with Crippen molar-refractivity contribution in [3.05, 3.63) is 131 Å². The molecule has 0 aliphatic carbocycles. The minimum Gasteiger partial charge on any atom is -0.354 e. The molecule has 0 spiro atoms.